The maximum Gasteiger partial charge on any atom is 0.356 e. The summed E-state index contributed by atoms with van der Waals surface area (Å²) >= 11 is 0. The van der Waals surface area contributed by atoms with E-state index in [2.05, 4.69) is 9.72 Å². The van der Waals surface area contributed by atoms with Crippen LogP contribution in [-0.4, -0.2) is 32.2 Å². The molecule has 0 N–H and O–H groups in total. The zero-order valence-electron chi connectivity index (χ0n) is 8.43. The lowest BCUT2D eigenvalue weighted by atomic mass is 10.4. The Morgan fingerprint density at radius 1 is 1.47 bits per heavy atom. The molecule has 0 atom stereocenters. The molecule has 15 heavy (non-hydrogen) atoms. The monoisotopic (exact) mass is 229 g/mol. The molecule has 0 amide bonds. The lowest BCUT2D eigenvalue weighted by molar-refractivity contribution is 0.0593. The van der Waals surface area contributed by atoms with E-state index < -0.39 is 15.8 Å². The number of pyridine rings is 1. The second-order valence-electron chi connectivity index (χ2n) is 2.76. The van der Waals surface area contributed by atoms with Crippen molar-refractivity contribution in [3.8, 4) is 0 Å². The SMILES string of the molecule is CCS(=O)(=O)c1cccc(C(=O)OC)n1. The Hall–Kier alpha value is -1.43. The summed E-state index contributed by atoms with van der Waals surface area (Å²) in [6.45, 7) is 1.52. The first-order valence-corrected chi connectivity index (χ1v) is 5.94. The third-order valence-electron chi connectivity index (χ3n) is 1.82. The smallest absolute Gasteiger partial charge is 0.356 e. The van der Waals surface area contributed by atoms with Gasteiger partial charge < -0.3 is 4.74 Å². The molecular weight excluding hydrogens is 218 g/mol. The van der Waals surface area contributed by atoms with Crippen LogP contribution in [0.2, 0.25) is 0 Å². The number of carbonyl (C=O) groups is 1. The molecule has 0 saturated heterocycles. The molecule has 5 nitrogen and oxygen atoms in total. The van der Waals surface area contributed by atoms with E-state index in [4.69, 9.17) is 0 Å². The van der Waals surface area contributed by atoms with E-state index >= 15 is 0 Å². The number of methoxy groups -OCH3 is 1. The van der Waals surface area contributed by atoms with Gasteiger partial charge in [0.15, 0.2) is 14.9 Å². The molecule has 6 heteroatoms. The van der Waals surface area contributed by atoms with Crippen LogP contribution >= 0.6 is 0 Å². The van der Waals surface area contributed by atoms with Gasteiger partial charge in [-0.3, -0.25) is 0 Å². The molecule has 0 saturated carbocycles. The Labute approximate surface area is 88.0 Å². The first-order chi connectivity index (χ1) is 7.01. The maximum absolute atomic E-state index is 11.4. The Bertz CT molecular complexity index is 467. The van der Waals surface area contributed by atoms with Crippen molar-refractivity contribution in [2.24, 2.45) is 0 Å². The summed E-state index contributed by atoms with van der Waals surface area (Å²) in [6, 6.07) is 4.22. The molecule has 0 aliphatic heterocycles. The number of aromatic nitrogens is 1. The second kappa shape index (κ2) is 4.39. The van der Waals surface area contributed by atoms with Gasteiger partial charge in [0.05, 0.1) is 12.9 Å². The standard InChI is InChI=1S/C9H11NO4S/c1-3-15(12,13)8-6-4-5-7(10-8)9(11)14-2/h4-6H,3H2,1-2H3. The molecule has 1 rings (SSSR count). The second-order valence-corrected chi connectivity index (χ2v) is 4.98. The predicted octanol–water partition coefficient (Wildman–Crippen LogP) is 0.662. The molecule has 0 fully saturated rings. The minimum atomic E-state index is -3.38. The van der Waals surface area contributed by atoms with Crippen LogP contribution in [0.15, 0.2) is 23.2 Å². The minimum absolute atomic E-state index is 0.00738. The molecule has 1 aromatic rings. The number of hydrogen-bond donors (Lipinski definition) is 0. The largest absolute Gasteiger partial charge is 0.464 e. The van der Waals surface area contributed by atoms with Gasteiger partial charge in [-0.2, -0.15) is 0 Å². The number of ether oxygens (including phenoxy) is 1. The molecular formula is C9H11NO4S. The highest BCUT2D eigenvalue weighted by Gasteiger charge is 2.16. The summed E-state index contributed by atoms with van der Waals surface area (Å²) in [5.41, 5.74) is -0.00738. The minimum Gasteiger partial charge on any atom is -0.464 e. The van der Waals surface area contributed by atoms with E-state index in [0.717, 1.165) is 0 Å². The summed E-state index contributed by atoms with van der Waals surface area (Å²) in [6.07, 6.45) is 0. The van der Waals surface area contributed by atoms with Crippen molar-refractivity contribution in [1.29, 1.82) is 0 Å². The van der Waals surface area contributed by atoms with Crippen molar-refractivity contribution in [3.05, 3.63) is 23.9 Å². The Kier molecular flexibility index (Phi) is 3.41. The van der Waals surface area contributed by atoms with Crippen LogP contribution in [0.3, 0.4) is 0 Å². The van der Waals surface area contributed by atoms with E-state index in [1.165, 1.54) is 32.2 Å². The van der Waals surface area contributed by atoms with Gasteiger partial charge >= 0.3 is 5.97 Å². The van der Waals surface area contributed by atoms with Gasteiger partial charge in [-0.05, 0) is 12.1 Å². The lowest BCUT2D eigenvalue weighted by Gasteiger charge is -2.02. The van der Waals surface area contributed by atoms with Crippen LogP contribution in [0.1, 0.15) is 17.4 Å². The number of hydrogen-bond acceptors (Lipinski definition) is 5. The van der Waals surface area contributed by atoms with Crippen LogP contribution in [-0.2, 0) is 14.6 Å². The van der Waals surface area contributed by atoms with Gasteiger partial charge in [0.25, 0.3) is 0 Å². The molecule has 0 aromatic carbocycles. The van der Waals surface area contributed by atoms with Crippen molar-refractivity contribution in [2.45, 2.75) is 11.9 Å². The molecule has 0 radical (unpaired) electrons. The third kappa shape index (κ3) is 2.53. The summed E-state index contributed by atoms with van der Waals surface area (Å²) in [7, 11) is -2.17. The molecule has 0 unspecified atom stereocenters. The van der Waals surface area contributed by atoms with E-state index in [1.54, 1.807) is 0 Å². The summed E-state index contributed by atoms with van der Waals surface area (Å²) in [5, 5.41) is -0.104. The van der Waals surface area contributed by atoms with Gasteiger partial charge in [0.1, 0.15) is 5.69 Å². The zero-order valence-corrected chi connectivity index (χ0v) is 9.24. The quantitative estimate of drug-likeness (QED) is 0.712. The topological polar surface area (TPSA) is 73.3 Å². The molecule has 1 aromatic heterocycles. The number of esters is 1. The van der Waals surface area contributed by atoms with Gasteiger partial charge in [-0.15, -0.1) is 0 Å². The van der Waals surface area contributed by atoms with Crippen LogP contribution < -0.4 is 0 Å². The highest BCUT2D eigenvalue weighted by Crippen LogP contribution is 2.09. The first kappa shape index (κ1) is 11.6. The van der Waals surface area contributed by atoms with Gasteiger partial charge in [-0.25, -0.2) is 18.2 Å². The van der Waals surface area contributed by atoms with Gasteiger partial charge in [0, 0.05) is 0 Å². The zero-order chi connectivity index (χ0) is 11.5. The van der Waals surface area contributed by atoms with E-state index in [1.807, 2.05) is 0 Å². The van der Waals surface area contributed by atoms with Crippen molar-refractivity contribution in [2.75, 3.05) is 12.9 Å². The average Bonchev–Trinajstić information content (AvgIpc) is 2.28. The first-order valence-electron chi connectivity index (χ1n) is 4.29. The van der Waals surface area contributed by atoms with Crippen molar-refractivity contribution in [1.82, 2.24) is 4.98 Å². The van der Waals surface area contributed by atoms with Crippen molar-refractivity contribution in [3.63, 3.8) is 0 Å². The van der Waals surface area contributed by atoms with Gasteiger partial charge in [-0.1, -0.05) is 13.0 Å². The average molecular weight is 229 g/mol. The Morgan fingerprint density at radius 3 is 2.67 bits per heavy atom. The number of carbonyl (C=O) groups excluding carboxylic acids is 1. The van der Waals surface area contributed by atoms with E-state index in [0.29, 0.717) is 0 Å². The fraction of sp³-hybridized carbons (Fsp3) is 0.333. The highest BCUT2D eigenvalue weighted by molar-refractivity contribution is 7.91. The number of rotatable bonds is 3. The Morgan fingerprint density at radius 2 is 2.13 bits per heavy atom. The molecule has 0 spiro atoms. The number of nitrogens with zero attached hydrogens (tertiary/aromatic N) is 1. The maximum atomic E-state index is 11.4. The van der Waals surface area contributed by atoms with E-state index in [9.17, 15) is 13.2 Å². The lowest BCUT2D eigenvalue weighted by Crippen LogP contribution is -2.10. The normalized spacial score (nSPS) is 11.1. The van der Waals surface area contributed by atoms with Crippen molar-refractivity contribution >= 4 is 15.8 Å². The summed E-state index contributed by atoms with van der Waals surface area (Å²) in [5.74, 6) is -0.701. The molecule has 0 bridgehead atoms. The predicted molar refractivity (Wildman–Crippen MR) is 53.3 cm³/mol. The van der Waals surface area contributed by atoms with E-state index in [-0.39, 0.29) is 16.5 Å². The Balaban J connectivity index is 3.20. The van der Waals surface area contributed by atoms with Crippen LogP contribution in [0.25, 0.3) is 0 Å². The molecule has 0 aliphatic carbocycles. The fourth-order valence-corrected chi connectivity index (χ4v) is 1.77. The van der Waals surface area contributed by atoms with Crippen molar-refractivity contribution < 1.29 is 17.9 Å². The molecule has 0 aliphatic rings. The molecule has 82 valence electrons. The van der Waals surface area contributed by atoms with Gasteiger partial charge in [0.2, 0.25) is 0 Å². The van der Waals surface area contributed by atoms with Crippen LogP contribution in [0, 0.1) is 0 Å². The summed E-state index contributed by atoms with van der Waals surface area (Å²) in [4.78, 5) is 14.8. The van der Waals surface area contributed by atoms with Crippen LogP contribution in [0.5, 0.6) is 0 Å². The molecule has 1 heterocycles. The third-order valence-corrected chi connectivity index (χ3v) is 3.44. The van der Waals surface area contributed by atoms with Crippen LogP contribution in [0.4, 0.5) is 0 Å². The highest BCUT2D eigenvalue weighted by atomic mass is 32.2. The number of sulfone groups is 1. The fourth-order valence-electron chi connectivity index (χ4n) is 0.954. The summed E-state index contributed by atoms with van der Waals surface area (Å²) < 4.78 is 27.3.